The van der Waals surface area contributed by atoms with Crippen molar-refractivity contribution < 1.29 is 50.0 Å². The second-order valence-corrected chi connectivity index (χ2v) is 17.9. The molecular formula is C52H95NO10. The van der Waals surface area contributed by atoms with E-state index in [1.165, 1.54) is 103 Å². The van der Waals surface area contributed by atoms with E-state index < -0.39 is 74.2 Å². The van der Waals surface area contributed by atoms with Crippen molar-refractivity contribution in [2.45, 2.75) is 262 Å². The molecule has 1 rings (SSSR count). The highest BCUT2D eigenvalue weighted by Crippen LogP contribution is 2.23. The molecule has 11 nitrogen and oxygen atoms in total. The predicted octanol–water partition coefficient (Wildman–Crippen LogP) is 9.34. The molecule has 9 atom stereocenters. The Balaban J connectivity index is 2.37. The molecule has 0 radical (unpaired) electrons. The molecule has 1 fully saturated rings. The molecule has 0 saturated carbocycles. The van der Waals surface area contributed by atoms with Crippen LogP contribution in [0.1, 0.15) is 206 Å². The SMILES string of the molecule is CCCCC/C=C/CC/C=C/CCCC(O)C(O)C(COC1OC(CO)C(O)C(O)C1O)NC(=O)C(O)CCCCCCCCCC/C=C\C/C=C\CCCCCCCCCCC. The molecule has 1 amide bonds. The Morgan fingerprint density at radius 3 is 1.54 bits per heavy atom. The molecule has 0 aromatic rings. The van der Waals surface area contributed by atoms with Gasteiger partial charge in [0.05, 0.1) is 25.4 Å². The van der Waals surface area contributed by atoms with Crippen LogP contribution in [0.5, 0.6) is 0 Å². The van der Waals surface area contributed by atoms with E-state index in [1.807, 2.05) is 0 Å². The first-order valence-corrected chi connectivity index (χ1v) is 25.5. The lowest BCUT2D eigenvalue weighted by Crippen LogP contribution is -2.60. The molecule has 0 aromatic heterocycles. The Morgan fingerprint density at radius 1 is 0.556 bits per heavy atom. The van der Waals surface area contributed by atoms with Gasteiger partial charge in [-0.1, -0.05) is 172 Å². The number of allylic oxidation sites excluding steroid dienone is 8. The highest BCUT2D eigenvalue weighted by molar-refractivity contribution is 5.80. The average molecular weight is 894 g/mol. The van der Waals surface area contributed by atoms with Gasteiger partial charge in [0.25, 0.3) is 0 Å². The molecule has 0 aromatic carbocycles. The maximum Gasteiger partial charge on any atom is 0.249 e. The molecule has 1 saturated heterocycles. The topological polar surface area (TPSA) is 189 Å². The normalized spacial score (nSPS) is 21.6. The summed E-state index contributed by atoms with van der Waals surface area (Å²) in [5, 5.41) is 75.7. The quantitative estimate of drug-likeness (QED) is 0.0217. The zero-order chi connectivity index (χ0) is 46.2. The minimum Gasteiger partial charge on any atom is -0.394 e. The van der Waals surface area contributed by atoms with Gasteiger partial charge in [0.2, 0.25) is 5.91 Å². The molecule has 0 bridgehead atoms. The zero-order valence-corrected chi connectivity index (χ0v) is 39.8. The van der Waals surface area contributed by atoms with Crippen molar-refractivity contribution in [3.63, 3.8) is 0 Å². The second-order valence-electron chi connectivity index (χ2n) is 17.9. The minimum absolute atomic E-state index is 0.242. The molecule has 0 aliphatic carbocycles. The predicted molar refractivity (Wildman–Crippen MR) is 256 cm³/mol. The number of ether oxygens (including phenoxy) is 2. The van der Waals surface area contributed by atoms with E-state index in [1.54, 1.807) is 0 Å². The number of carbonyl (C=O) groups is 1. The fraction of sp³-hybridized carbons (Fsp3) is 0.827. The Morgan fingerprint density at radius 2 is 1.00 bits per heavy atom. The molecule has 63 heavy (non-hydrogen) atoms. The van der Waals surface area contributed by atoms with Gasteiger partial charge in [-0.25, -0.2) is 0 Å². The monoisotopic (exact) mass is 894 g/mol. The van der Waals surface area contributed by atoms with Crippen LogP contribution < -0.4 is 5.32 Å². The summed E-state index contributed by atoms with van der Waals surface area (Å²) in [5.41, 5.74) is 0. The summed E-state index contributed by atoms with van der Waals surface area (Å²) in [6, 6.07) is -1.19. The van der Waals surface area contributed by atoms with Crippen LogP contribution >= 0.6 is 0 Å². The fourth-order valence-corrected chi connectivity index (χ4v) is 7.84. The van der Waals surface area contributed by atoms with Gasteiger partial charge >= 0.3 is 0 Å². The molecule has 0 spiro atoms. The zero-order valence-electron chi connectivity index (χ0n) is 39.8. The van der Waals surface area contributed by atoms with Crippen LogP contribution in [0, 0.1) is 0 Å². The summed E-state index contributed by atoms with van der Waals surface area (Å²) in [4.78, 5) is 13.1. The number of hydrogen-bond acceptors (Lipinski definition) is 10. The van der Waals surface area contributed by atoms with Crippen LogP contribution in [0.2, 0.25) is 0 Å². The van der Waals surface area contributed by atoms with Crippen molar-refractivity contribution in [1.82, 2.24) is 5.32 Å². The van der Waals surface area contributed by atoms with E-state index in [0.717, 1.165) is 57.8 Å². The lowest BCUT2D eigenvalue weighted by molar-refractivity contribution is -0.303. The summed E-state index contributed by atoms with van der Waals surface area (Å²) in [5.74, 6) is -0.717. The lowest BCUT2D eigenvalue weighted by Gasteiger charge is -2.40. The molecule has 368 valence electrons. The highest BCUT2D eigenvalue weighted by Gasteiger charge is 2.44. The first kappa shape index (κ1) is 59.1. The van der Waals surface area contributed by atoms with E-state index in [9.17, 15) is 40.5 Å². The maximum absolute atomic E-state index is 13.1. The molecule has 1 aliphatic heterocycles. The van der Waals surface area contributed by atoms with Crippen LogP contribution in [0.15, 0.2) is 48.6 Å². The number of nitrogens with one attached hydrogen (secondary N) is 1. The summed E-state index contributed by atoms with van der Waals surface area (Å²) in [6.45, 7) is 3.38. The molecule has 8 N–H and O–H groups in total. The van der Waals surface area contributed by atoms with Crippen LogP contribution in [0.3, 0.4) is 0 Å². The molecule has 1 aliphatic rings. The Kier molecular flexibility index (Phi) is 38.9. The van der Waals surface area contributed by atoms with E-state index in [4.69, 9.17) is 9.47 Å². The summed E-state index contributed by atoms with van der Waals surface area (Å²) in [6.07, 6.45) is 38.8. The number of rotatable bonds is 42. The van der Waals surface area contributed by atoms with E-state index >= 15 is 0 Å². The number of hydrogen-bond donors (Lipinski definition) is 8. The van der Waals surface area contributed by atoms with Gasteiger partial charge in [-0.15, -0.1) is 0 Å². The van der Waals surface area contributed by atoms with Crippen molar-refractivity contribution in [3.8, 4) is 0 Å². The minimum atomic E-state index is -1.67. The first-order chi connectivity index (χ1) is 30.7. The van der Waals surface area contributed by atoms with Crippen LogP contribution in [0.25, 0.3) is 0 Å². The van der Waals surface area contributed by atoms with Gasteiger partial charge in [0, 0.05) is 0 Å². The van der Waals surface area contributed by atoms with Crippen molar-refractivity contribution in [3.05, 3.63) is 48.6 Å². The lowest BCUT2D eigenvalue weighted by atomic mass is 9.98. The highest BCUT2D eigenvalue weighted by atomic mass is 16.7. The third-order valence-electron chi connectivity index (χ3n) is 12.1. The largest absolute Gasteiger partial charge is 0.394 e. The van der Waals surface area contributed by atoms with Gasteiger partial charge < -0.3 is 50.5 Å². The number of aliphatic hydroxyl groups excluding tert-OH is 7. The number of carbonyl (C=O) groups excluding carboxylic acids is 1. The maximum atomic E-state index is 13.1. The van der Waals surface area contributed by atoms with Crippen LogP contribution in [0.4, 0.5) is 0 Å². The van der Waals surface area contributed by atoms with Crippen LogP contribution in [-0.4, -0.2) is 110 Å². The number of unbranched alkanes of at least 4 members (excludes halogenated alkanes) is 22. The molecule has 11 heteroatoms. The van der Waals surface area contributed by atoms with E-state index in [-0.39, 0.29) is 12.8 Å². The van der Waals surface area contributed by atoms with Gasteiger partial charge in [-0.3, -0.25) is 4.79 Å². The summed E-state index contributed by atoms with van der Waals surface area (Å²) in [7, 11) is 0. The van der Waals surface area contributed by atoms with Gasteiger partial charge in [0.15, 0.2) is 6.29 Å². The first-order valence-electron chi connectivity index (χ1n) is 25.5. The smallest absolute Gasteiger partial charge is 0.249 e. The third kappa shape index (κ3) is 30.8. The van der Waals surface area contributed by atoms with E-state index in [0.29, 0.717) is 19.3 Å². The van der Waals surface area contributed by atoms with Gasteiger partial charge in [-0.2, -0.15) is 0 Å². The third-order valence-corrected chi connectivity index (χ3v) is 12.1. The summed E-state index contributed by atoms with van der Waals surface area (Å²) < 4.78 is 11.1. The van der Waals surface area contributed by atoms with Gasteiger partial charge in [0.1, 0.15) is 36.6 Å². The molecule has 1 heterocycles. The van der Waals surface area contributed by atoms with Crippen molar-refractivity contribution >= 4 is 5.91 Å². The molecular weight excluding hydrogens is 799 g/mol. The Labute approximate surface area is 383 Å². The second kappa shape index (κ2) is 41.5. The van der Waals surface area contributed by atoms with Crippen molar-refractivity contribution in [2.75, 3.05) is 13.2 Å². The molecule has 9 unspecified atom stereocenters. The van der Waals surface area contributed by atoms with Gasteiger partial charge in [-0.05, 0) is 83.5 Å². The number of amides is 1. The van der Waals surface area contributed by atoms with Crippen molar-refractivity contribution in [1.29, 1.82) is 0 Å². The Bertz CT molecular complexity index is 1160. The Hall–Kier alpha value is -1.93. The summed E-state index contributed by atoms with van der Waals surface area (Å²) >= 11 is 0. The standard InChI is InChI=1S/C52H95NO10/c1-3-5-7-9-11-13-15-17-18-19-20-21-22-23-24-25-26-27-28-30-32-34-36-38-40-45(56)51(61)53-43(42-62-52-50(60)49(59)48(58)46(41-54)63-52)47(57)44(55)39-37-35-33-31-29-16-14-12-10-8-6-4-2/h12,14,20-21,23-24,31,33,43-50,52,54-60H,3-11,13,15-19,22,25-30,32,34-42H2,1-2H3,(H,53,61)/b14-12+,21-20-,24-23-,33-31+. The van der Waals surface area contributed by atoms with E-state index in [2.05, 4.69) is 67.8 Å². The average Bonchev–Trinajstić information content (AvgIpc) is 3.28. The number of aliphatic hydroxyl groups is 7. The van der Waals surface area contributed by atoms with Crippen LogP contribution in [-0.2, 0) is 14.3 Å². The fourth-order valence-electron chi connectivity index (χ4n) is 7.84. The van der Waals surface area contributed by atoms with Crippen molar-refractivity contribution in [2.24, 2.45) is 0 Å².